The quantitative estimate of drug-likeness (QED) is 0.0535. The molecule has 4 amide bonds. The van der Waals surface area contributed by atoms with Crippen molar-refractivity contribution >= 4 is 54.8 Å². The Hall–Kier alpha value is -4.42. The van der Waals surface area contributed by atoms with Gasteiger partial charge >= 0.3 is 20.2 Å². The van der Waals surface area contributed by atoms with Gasteiger partial charge in [0, 0.05) is 54.7 Å². The Morgan fingerprint density at radius 1 is 0.766 bits per heavy atom. The van der Waals surface area contributed by atoms with Gasteiger partial charge in [-0.1, -0.05) is 12.1 Å². The lowest BCUT2D eigenvalue weighted by atomic mass is 9.79. The van der Waals surface area contributed by atoms with Crippen molar-refractivity contribution in [2.45, 2.75) is 38.1 Å². The molecule has 0 heterocycles. The van der Waals surface area contributed by atoms with Gasteiger partial charge in [-0.2, -0.15) is 0 Å². The third-order valence-electron chi connectivity index (χ3n) is 6.84. The van der Waals surface area contributed by atoms with E-state index in [1.807, 2.05) is 0 Å². The maximum absolute atomic E-state index is 14.3. The van der Waals surface area contributed by atoms with Gasteiger partial charge in [0.05, 0.1) is 6.54 Å². The van der Waals surface area contributed by atoms with Crippen molar-refractivity contribution in [1.29, 1.82) is 0 Å². The van der Waals surface area contributed by atoms with Gasteiger partial charge in [0.15, 0.2) is 0 Å². The summed E-state index contributed by atoms with van der Waals surface area (Å²) in [7, 11) is -4.21. The first-order chi connectivity index (χ1) is 22.2. The molecular weight excluding hydrogens is 626 g/mol. The number of carbonyl (C=O) groups excluding carboxylic acids is 4. The monoisotopic (exact) mass is 663 g/mol. The Morgan fingerprint density at radius 2 is 1.32 bits per heavy atom. The minimum atomic E-state index is -2.12. The molecule has 2 rings (SSSR count). The topological polar surface area (TPSA) is 252 Å². The molecule has 254 valence electrons. The standard InChI is InChI=1S/C28H37B2F2N5O10/c31-21-14-17(6-8-19(21)29(44)45)26(40)36-12-13-37(27(41)18-7-9-20(30(46)47)22(32)15-18)16-25(39)35-11-3-5-24(38)34-10-2-1-4-23(33)28(42)43/h6-9,14-15,23,44-47H,1-5,10-13,16,33H2,(H,34,38)(H,35,39)(H,36,40)(H,42,43)/t23-/m0/s1. The van der Waals surface area contributed by atoms with Gasteiger partial charge in [-0.05, 0) is 49.9 Å². The molecular formula is C28H37B2F2N5O10. The molecule has 1 atom stereocenters. The minimum absolute atomic E-state index is 0.0697. The van der Waals surface area contributed by atoms with E-state index in [4.69, 9.17) is 20.9 Å². The number of benzene rings is 2. The molecule has 0 radical (unpaired) electrons. The Kier molecular flexibility index (Phi) is 15.9. The lowest BCUT2D eigenvalue weighted by Gasteiger charge is -2.23. The van der Waals surface area contributed by atoms with Crippen LogP contribution >= 0.6 is 0 Å². The second-order valence-corrected chi connectivity index (χ2v) is 10.4. The molecule has 19 heteroatoms. The average Bonchev–Trinajstić information content (AvgIpc) is 3.01. The number of rotatable bonds is 19. The van der Waals surface area contributed by atoms with E-state index in [1.54, 1.807) is 0 Å². The first-order valence-corrected chi connectivity index (χ1v) is 14.6. The average molecular weight is 663 g/mol. The predicted molar refractivity (Wildman–Crippen MR) is 165 cm³/mol. The maximum Gasteiger partial charge on any atom is 0.491 e. The summed E-state index contributed by atoms with van der Waals surface area (Å²) in [6.07, 6.45) is 1.66. The highest BCUT2D eigenvalue weighted by molar-refractivity contribution is 6.59. The third kappa shape index (κ3) is 13.1. The number of nitrogens with one attached hydrogen (secondary N) is 3. The van der Waals surface area contributed by atoms with Gasteiger partial charge in [0.1, 0.15) is 17.7 Å². The summed E-state index contributed by atoms with van der Waals surface area (Å²) in [5.74, 6) is -5.72. The van der Waals surface area contributed by atoms with Crippen LogP contribution in [0.5, 0.6) is 0 Å². The molecule has 0 aliphatic heterocycles. The number of aliphatic carboxylic acids is 1. The number of carbonyl (C=O) groups is 5. The SMILES string of the molecule is N[C@@H](CCCCNC(=O)CCCNC(=O)CN(CCNC(=O)c1ccc(B(O)O)c(F)c1)C(=O)c1ccc(B(O)O)c(F)c1)C(=O)O. The zero-order chi connectivity index (χ0) is 35.1. The number of unbranched alkanes of at least 4 members (excludes halogenated alkanes) is 1. The Bertz CT molecular complexity index is 1420. The highest BCUT2D eigenvalue weighted by Gasteiger charge is 2.23. The largest absolute Gasteiger partial charge is 0.491 e. The second kappa shape index (κ2) is 19.3. The van der Waals surface area contributed by atoms with Crippen molar-refractivity contribution in [2.24, 2.45) is 5.73 Å². The normalized spacial score (nSPS) is 11.3. The summed E-state index contributed by atoms with van der Waals surface area (Å²) in [4.78, 5) is 62.1. The highest BCUT2D eigenvalue weighted by atomic mass is 19.1. The predicted octanol–water partition coefficient (Wildman–Crippen LogP) is -3.21. The molecule has 47 heavy (non-hydrogen) atoms. The number of carboxylic acids is 1. The second-order valence-electron chi connectivity index (χ2n) is 10.4. The Balaban J connectivity index is 1.93. The molecule has 0 aromatic heterocycles. The van der Waals surface area contributed by atoms with Crippen LogP contribution < -0.4 is 32.6 Å². The third-order valence-corrected chi connectivity index (χ3v) is 6.84. The lowest BCUT2D eigenvalue weighted by molar-refractivity contribution is -0.138. The van der Waals surface area contributed by atoms with Crippen molar-refractivity contribution in [3.8, 4) is 0 Å². The number of hydrogen-bond acceptors (Lipinski definition) is 10. The van der Waals surface area contributed by atoms with Gasteiger partial charge in [0.25, 0.3) is 11.8 Å². The van der Waals surface area contributed by atoms with Gasteiger partial charge in [0.2, 0.25) is 11.8 Å². The van der Waals surface area contributed by atoms with Crippen LogP contribution in [0, 0.1) is 11.6 Å². The number of carboxylic acid groups (broad SMARTS) is 1. The smallest absolute Gasteiger partial charge is 0.480 e. The number of halogens is 2. The summed E-state index contributed by atoms with van der Waals surface area (Å²) < 4.78 is 28.4. The fraction of sp³-hybridized carbons (Fsp3) is 0.393. The van der Waals surface area contributed by atoms with Crippen LogP contribution in [-0.2, 0) is 14.4 Å². The molecule has 10 N–H and O–H groups in total. The molecule has 0 aliphatic rings. The lowest BCUT2D eigenvalue weighted by Crippen LogP contribution is -2.45. The maximum atomic E-state index is 14.3. The van der Waals surface area contributed by atoms with Crippen molar-refractivity contribution < 1.29 is 58.0 Å². The van der Waals surface area contributed by atoms with Gasteiger partial charge in [-0.15, -0.1) is 0 Å². The first kappa shape index (κ1) is 38.8. The summed E-state index contributed by atoms with van der Waals surface area (Å²) in [6, 6.07) is 4.88. The van der Waals surface area contributed by atoms with Crippen LogP contribution in [0.15, 0.2) is 36.4 Å². The zero-order valence-electron chi connectivity index (χ0n) is 25.3. The van der Waals surface area contributed by atoms with E-state index in [1.165, 1.54) is 0 Å². The molecule has 0 spiro atoms. The zero-order valence-corrected chi connectivity index (χ0v) is 25.3. The van der Waals surface area contributed by atoms with E-state index in [2.05, 4.69) is 16.0 Å². The van der Waals surface area contributed by atoms with Crippen molar-refractivity contribution in [3.63, 3.8) is 0 Å². The molecule has 2 aromatic carbocycles. The van der Waals surface area contributed by atoms with Crippen LogP contribution in [0.1, 0.15) is 52.8 Å². The number of nitrogens with zero attached hydrogens (tertiary/aromatic N) is 1. The van der Waals surface area contributed by atoms with Gasteiger partial charge in [-0.25, -0.2) is 8.78 Å². The highest BCUT2D eigenvalue weighted by Crippen LogP contribution is 2.08. The van der Waals surface area contributed by atoms with Crippen molar-refractivity contribution in [1.82, 2.24) is 20.9 Å². The van der Waals surface area contributed by atoms with Crippen molar-refractivity contribution in [2.75, 3.05) is 32.7 Å². The van der Waals surface area contributed by atoms with Crippen LogP contribution in [0.25, 0.3) is 0 Å². The van der Waals surface area contributed by atoms with E-state index >= 15 is 0 Å². The number of amides is 4. The van der Waals surface area contributed by atoms with E-state index < -0.39 is 73.1 Å². The van der Waals surface area contributed by atoms with E-state index in [0.29, 0.717) is 19.4 Å². The van der Waals surface area contributed by atoms with E-state index in [0.717, 1.165) is 41.3 Å². The van der Waals surface area contributed by atoms with Crippen LogP contribution in [0.4, 0.5) is 8.78 Å². The Morgan fingerprint density at radius 3 is 1.89 bits per heavy atom. The molecule has 0 aliphatic carbocycles. The van der Waals surface area contributed by atoms with Gasteiger partial charge < -0.3 is 51.8 Å². The summed E-state index contributed by atoms with van der Waals surface area (Å²) in [6.45, 7) is -0.638. The summed E-state index contributed by atoms with van der Waals surface area (Å²) >= 11 is 0. The summed E-state index contributed by atoms with van der Waals surface area (Å²) in [5, 5.41) is 53.2. The van der Waals surface area contributed by atoms with Gasteiger partial charge in [-0.3, -0.25) is 24.0 Å². The molecule has 0 bridgehead atoms. The fourth-order valence-corrected chi connectivity index (χ4v) is 4.22. The van der Waals surface area contributed by atoms with Crippen molar-refractivity contribution in [3.05, 3.63) is 59.2 Å². The molecule has 0 fully saturated rings. The molecule has 0 unspecified atom stereocenters. The molecule has 15 nitrogen and oxygen atoms in total. The van der Waals surface area contributed by atoms with Crippen LogP contribution in [-0.4, -0.2) is 113 Å². The van der Waals surface area contributed by atoms with Crippen LogP contribution in [0.3, 0.4) is 0 Å². The molecule has 2 aromatic rings. The fourth-order valence-electron chi connectivity index (χ4n) is 4.22. The minimum Gasteiger partial charge on any atom is -0.480 e. The van der Waals surface area contributed by atoms with E-state index in [9.17, 15) is 42.8 Å². The van der Waals surface area contributed by atoms with E-state index in [-0.39, 0.29) is 55.9 Å². The molecule has 0 saturated heterocycles. The number of nitrogens with two attached hydrogens (primary N) is 1. The van der Waals surface area contributed by atoms with Crippen LogP contribution in [0.2, 0.25) is 0 Å². The summed E-state index contributed by atoms with van der Waals surface area (Å²) in [5.41, 5.74) is 4.12. The first-order valence-electron chi connectivity index (χ1n) is 14.6. The molecule has 0 saturated carbocycles. The number of hydrogen-bond donors (Lipinski definition) is 9. The Labute approximate surface area is 269 Å².